The van der Waals surface area contributed by atoms with Crippen LogP contribution in [-0.4, -0.2) is 17.0 Å². The highest BCUT2D eigenvalue weighted by molar-refractivity contribution is 5.86. The number of hydrogen-bond donors (Lipinski definition) is 2. The van der Waals surface area contributed by atoms with Crippen molar-refractivity contribution in [3.63, 3.8) is 0 Å². The molecule has 2 rings (SSSR count). The molecule has 21 heavy (non-hydrogen) atoms. The summed E-state index contributed by atoms with van der Waals surface area (Å²) in [6.45, 7) is 4.17. The lowest BCUT2D eigenvalue weighted by Crippen LogP contribution is -2.59. The number of nitrogens with one attached hydrogen (secondary N) is 1. The lowest BCUT2D eigenvalue weighted by atomic mass is 9.81. The Morgan fingerprint density at radius 2 is 1.81 bits per heavy atom. The Kier molecular flexibility index (Phi) is 5.04. The van der Waals surface area contributed by atoms with Crippen LogP contribution in [-0.2, 0) is 11.2 Å². The van der Waals surface area contributed by atoms with E-state index in [1.807, 2.05) is 6.07 Å². The van der Waals surface area contributed by atoms with Crippen LogP contribution < -0.4 is 11.1 Å². The Balaban J connectivity index is 1.89. The molecule has 3 nitrogen and oxygen atoms in total. The van der Waals surface area contributed by atoms with Crippen molar-refractivity contribution in [3.8, 4) is 0 Å². The third-order valence-electron chi connectivity index (χ3n) is 4.53. The van der Waals surface area contributed by atoms with Gasteiger partial charge in [-0.1, -0.05) is 49.6 Å². The van der Waals surface area contributed by atoms with E-state index in [0.29, 0.717) is 0 Å². The molecule has 0 aliphatic heterocycles. The van der Waals surface area contributed by atoms with E-state index in [1.54, 1.807) is 0 Å². The van der Waals surface area contributed by atoms with E-state index in [4.69, 9.17) is 5.73 Å². The number of amides is 1. The van der Waals surface area contributed by atoms with Gasteiger partial charge < -0.3 is 11.1 Å². The molecule has 1 aromatic carbocycles. The van der Waals surface area contributed by atoms with Crippen molar-refractivity contribution in [2.24, 2.45) is 5.73 Å². The van der Waals surface area contributed by atoms with Gasteiger partial charge in [0.05, 0.1) is 5.54 Å². The zero-order valence-electron chi connectivity index (χ0n) is 13.3. The van der Waals surface area contributed by atoms with Gasteiger partial charge in [-0.2, -0.15) is 0 Å². The van der Waals surface area contributed by atoms with E-state index < -0.39 is 5.54 Å². The number of carbonyl (C=O) groups is 1. The number of nitrogens with two attached hydrogens (primary N) is 1. The van der Waals surface area contributed by atoms with Crippen LogP contribution in [0.4, 0.5) is 0 Å². The molecule has 1 saturated carbocycles. The molecule has 0 radical (unpaired) electrons. The maximum atomic E-state index is 12.5. The summed E-state index contributed by atoms with van der Waals surface area (Å²) in [5.41, 5.74) is 6.73. The molecule has 0 saturated heterocycles. The van der Waals surface area contributed by atoms with Crippen LogP contribution in [0.15, 0.2) is 30.3 Å². The summed E-state index contributed by atoms with van der Waals surface area (Å²) < 4.78 is 0. The summed E-state index contributed by atoms with van der Waals surface area (Å²) in [4.78, 5) is 12.5. The van der Waals surface area contributed by atoms with Crippen LogP contribution >= 0.6 is 0 Å². The van der Waals surface area contributed by atoms with Gasteiger partial charge in [0.15, 0.2) is 0 Å². The molecule has 3 heteroatoms. The van der Waals surface area contributed by atoms with Gasteiger partial charge in [0.1, 0.15) is 0 Å². The molecular weight excluding hydrogens is 260 g/mol. The van der Waals surface area contributed by atoms with Crippen molar-refractivity contribution >= 4 is 5.91 Å². The molecule has 1 aliphatic rings. The molecular formula is C18H28N2O. The fraction of sp³-hybridized carbons (Fsp3) is 0.611. The van der Waals surface area contributed by atoms with Crippen molar-refractivity contribution in [2.75, 3.05) is 0 Å². The summed E-state index contributed by atoms with van der Waals surface area (Å²) in [5.74, 6) is 0.0280. The summed E-state index contributed by atoms with van der Waals surface area (Å²) >= 11 is 0. The molecule has 0 spiro atoms. The van der Waals surface area contributed by atoms with E-state index in [-0.39, 0.29) is 11.4 Å². The molecule has 0 aromatic heterocycles. The maximum absolute atomic E-state index is 12.5. The molecule has 0 unspecified atom stereocenters. The Bertz CT molecular complexity index is 461. The monoisotopic (exact) mass is 288 g/mol. The minimum atomic E-state index is -0.651. The average molecular weight is 288 g/mol. The van der Waals surface area contributed by atoms with Crippen LogP contribution in [0.3, 0.4) is 0 Å². The van der Waals surface area contributed by atoms with E-state index in [2.05, 4.69) is 43.4 Å². The molecule has 0 heterocycles. The predicted octanol–water partition coefficient (Wildman–Crippen LogP) is 3.18. The number of benzene rings is 1. The van der Waals surface area contributed by atoms with Crippen LogP contribution in [0, 0.1) is 0 Å². The Hall–Kier alpha value is -1.35. The minimum absolute atomic E-state index is 0.0280. The first-order valence-electron chi connectivity index (χ1n) is 8.07. The van der Waals surface area contributed by atoms with Crippen molar-refractivity contribution in [1.82, 2.24) is 5.32 Å². The third-order valence-corrected chi connectivity index (χ3v) is 4.53. The predicted molar refractivity (Wildman–Crippen MR) is 87.0 cm³/mol. The van der Waals surface area contributed by atoms with E-state index in [1.165, 1.54) is 12.0 Å². The van der Waals surface area contributed by atoms with E-state index in [0.717, 1.165) is 38.5 Å². The first-order valence-corrected chi connectivity index (χ1v) is 8.07. The molecule has 0 atom stereocenters. The average Bonchev–Trinajstić information content (AvgIpc) is 2.47. The Labute approximate surface area is 128 Å². The summed E-state index contributed by atoms with van der Waals surface area (Å²) in [6.07, 6.45) is 6.83. The van der Waals surface area contributed by atoms with E-state index >= 15 is 0 Å². The van der Waals surface area contributed by atoms with Gasteiger partial charge in [-0.25, -0.2) is 0 Å². The summed E-state index contributed by atoms with van der Waals surface area (Å²) in [6, 6.07) is 10.4. The van der Waals surface area contributed by atoms with Crippen molar-refractivity contribution in [3.05, 3.63) is 35.9 Å². The lowest BCUT2D eigenvalue weighted by molar-refractivity contribution is -0.129. The lowest BCUT2D eigenvalue weighted by Gasteiger charge is -2.36. The van der Waals surface area contributed by atoms with Gasteiger partial charge in [-0.05, 0) is 45.1 Å². The molecule has 0 bridgehead atoms. The molecule has 3 N–H and O–H groups in total. The highest BCUT2D eigenvalue weighted by atomic mass is 16.2. The van der Waals surface area contributed by atoms with Crippen LogP contribution in [0.1, 0.15) is 57.9 Å². The molecule has 1 aromatic rings. The SMILES string of the molecule is CC(C)(CCc1ccccc1)NC(=O)C1(N)CCCCC1. The van der Waals surface area contributed by atoms with Gasteiger partial charge in [-0.15, -0.1) is 0 Å². The largest absolute Gasteiger partial charge is 0.350 e. The number of hydrogen-bond acceptors (Lipinski definition) is 2. The van der Waals surface area contributed by atoms with Gasteiger partial charge in [0.25, 0.3) is 0 Å². The second kappa shape index (κ2) is 6.61. The fourth-order valence-corrected chi connectivity index (χ4v) is 3.01. The maximum Gasteiger partial charge on any atom is 0.240 e. The van der Waals surface area contributed by atoms with Crippen LogP contribution in [0.25, 0.3) is 0 Å². The molecule has 116 valence electrons. The summed E-state index contributed by atoms with van der Waals surface area (Å²) in [5, 5.41) is 3.17. The minimum Gasteiger partial charge on any atom is -0.350 e. The smallest absolute Gasteiger partial charge is 0.240 e. The van der Waals surface area contributed by atoms with Gasteiger partial charge in [0, 0.05) is 5.54 Å². The quantitative estimate of drug-likeness (QED) is 0.874. The highest BCUT2D eigenvalue weighted by Crippen LogP contribution is 2.27. The fourth-order valence-electron chi connectivity index (χ4n) is 3.01. The van der Waals surface area contributed by atoms with Crippen molar-refractivity contribution in [2.45, 2.75) is 69.9 Å². The number of aryl methyl sites for hydroxylation is 1. The zero-order valence-corrected chi connectivity index (χ0v) is 13.3. The highest BCUT2D eigenvalue weighted by Gasteiger charge is 2.37. The van der Waals surface area contributed by atoms with Gasteiger partial charge in [0.2, 0.25) is 5.91 Å². The van der Waals surface area contributed by atoms with Crippen LogP contribution in [0.2, 0.25) is 0 Å². The van der Waals surface area contributed by atoms with Crippen molar-refractivity contribution < 1.29 is 4.79 Å². The third kappa shape index (κ3) is 4.57. The molecule has 1 aliphatic carbocycles. The molecule has 1 fully saturated rings. The standard InChI is InChI=1S/C18H28N2O/c1-17(2,14-11-15-9-5-3-6-10-15)20-16(21)18(19)12-7-4-8-13-18/h3,5-6,9-10H,4,7-8,11-14,19H2,1-2H3,(H,20,21). The Morgan fingerprint density at radius 1 is 1.19 bits per heavy atom. The first-order chi connectivity index (χ1) is 9.91. The first kappa shape index (κ1) is 16.0. The van der Waals surface area contributed by atoms with E-state index in [9.17, 15) is 4.79 Å². The number of rotatable bonds is 5. The second-order valence-electron chi connectivity index (χ2n) is 7.04. The number of carbonyl (C=O) groups excluding carboxylic acids is 1. The Morgan fingerprint density at radius 3 is 2.43 bits per heavy atom. The topological polar surface area (TPSA) is 55.1 Å². The van der Waals surface area contributed by atoms with Gasteiger partial charge >= 0.3 is 0 Å². The summed E-state index contributed by atoms with van der Waals surface area (Å²) in [7, 11) is 0. The molecule has 1 amide bonds. The van der Waals surface area contributed by atoms with Crippen molar-refractivity contribution in [1.29, 1.82) is 0 Å². The van der Waals surface area contributed by atoms with Gasteiger partial charge in [-0.3, -0.25) is 4.79 Å². The zero-order chi connectivity index (χ0) is 15.3. The normalized spacial score (nSPS) is 18.2. The van der Waals surface area contributed by atoms with Crippen LogP contribution in [0.5, 0.6) is 0 Å². The second-order valence-corrected chi connectivity index (χ2v) is 7.04.